The highest BCUT2D eigenvalue weighted by molar-refractivity contribution is 9.10. The molecule has 0 unspecified atom stereocenters. The predicted octanol–water partition coefficient (Wildman–Crippen LogP) is 4.00. The first-order valence-corrected chi connectivity index (χ1v) is 7.02. The molecule has 0 aromatic heterocycles. The molecule has 1 nitrogen and oxygen atoms in total. The predicted molar refractivity (Wildman–Crippen MR) is 72.6 cm³/mol. The fourth-order valence-electron chi connectivity index (χ4n) is 2.82. The summed E-state index contributed by atoms with van der Waals surface area (Å²) in [6.45, 7) is 0.786. The van der Waals surface area contributed by atoms with Gasteiger partial charge in [-0.05, 0) is 30.5 Å². The van der Waals surface area contributed by atoms with Gasteiger partial charge in [-0.15, -0.1) is 0 Å². The zero-order valence-corrected chi connectivity index (χ0v) is 11.3. The van der Waals surface area contributed by atoms with E-state index in [-0.39, 0.29) is 5.41 Å². The molecule has 1 aliphatic carbocycles. The number of benzene rings is 1. The fourth-order valence-corrected chi connectivity index (χ4v) is 3.08. The van der Waals surface area contributed by atoms with Crippen molar-refractivity contribution >= 4 is 15.9 Å². The molecule has 0 amide bonds. The van der Waals surface area contributed by atoms with Gasteiger partial charge < -0.3 is 5.73 Å². The van der Waals surface area contributed by atoms with E-state index < -0.39 is 0 Å². The lowest BCUT2D eigenvalue weighted by molar-refractivity contribution is 0.381. The van der Waals surface area contributed by atoms with Gasteiger partial charge in [-0.25, -0.2) is 0 Å². The first-order chi connectivity index (χ1) is 7.77. The molecule has 1 saturated carbocycles. The lowest BCUT2D eigenvalue weighted by Gasteiger charge is -2.32. The van der Waals surface area contributed by atoms with E-state index in [0.717, 1.165) is 11.0 Å². The van der Waals surface area contributed by atoms with Gasteiger partial charge in [0, 0.05) is 16.4 Å². The number of hydrogen-bond acceptors (Lipinski definition) is 1. The van der Waals surface area contributed by atoms with Crippen molar-refractivity contribution in [1.29, 1.82) is 0 Å². The molecular weight excluding hydrogens is 262 g/mol. The Balaban J connectivity index is 2.28. The third-order valence-electron chi connectivity index (χ3n) is 3.91. The number of nitrogens with two attached hydrogens (primary N) is 1. The van der Waals surface area contributed by atoms with Crippen LogP contribution in [0.1, 0.15) is 44.1 Å². The smallest absolute Gasteiger partial charge is 0.0175 e. The SMILES string of the molecule is NCC1(c2ccc(Br)cc2)CCCCCC1. The summed E-state index contributed by atoms with van der Waals surface area (Å²) in [5.74, 6) is 0. The number of halogens is 1. The Hall–Kier alpha value is -0.340. The average Bonchev–Trinajstić information content (AvgIpc) is 2.56. The van der Waals surface area contributed by atoms with Gasteiger partial charge in [-0.1, -0.05) is 53.7 Å². The second kappa shape index (κ2) is 5.33. The van der Waals surface area contributed by atoms with Gasteiger partial charge in [0.25, 0.3) is 0 Å². The Kier molecular flexibility index (Phi) is 4.04. The lowest BCUT2D eigenvalue weighted by atomic mass is 9.74. The summed E-state index contributed by atoms with van der Waals surface area (Å²) in [5.41, 5.74) is 7.74. The Morgan fingerprint density at radius 1 is 1.00 bits per heavy atom. The molecule has 1 aromatic rings. The monoisotopic (exact) mass is 281 g/mol. The molecule has 0 heterocycles. The maximum absolute atomic E-state index is 6.07. The van der Waals surface area contributed by atoms with E-state index in [4.69, 9.17) is 5.73 Å². The third-order valence-corrected chi connectivity index (χ3v) is 4.44. The largest absolute Gasteiger partial charge is 0.330 e. The highest BCUT2D eigenvalue weighted by Crippen LogP contribution is 2.37. The molecular formula is C14H20BrN. The van der Waals surface area contributed by atoms with Crippen LogP contribution in [0.2, 0.25) is 0 Å². The van der Waals surface area contributed by atoms with Crippen LogP contribution in [0.25, 0.3) is 0 Å². The van der Waals surface area contributed by atoms with Crippen molar-refractivity contribution < 1.29 is 0 Å². The quantitative estimate of drug-likeness (QED) is 0.815. The number of rotatable bonds is 2. The van der Waals surface area contributed by atoms with E-state index in [2.05, 4.69) is 40.2 Å². The fraction of sp³-hybridized carbons (Fsp3) is 0.571. The summed E-state index contributed by atoms with van der Waals surface area (Å²) in [6.07, 6.45) is 7.91. The van der Waals surface area contributed by atoms with E-state index in [0.29, 0.717) is 0 Å². The van der Waals surface area contributed by atoms with Crippen molar-refractivity contribution in [1.82, 2.24) is 0 Å². The molecule has 0 atom stereocenters. The van der Waals surface area contributed by atoms with Crippen LogP contribution >= 0.6 is 15.9 Å². The van der Waals surface area contributed by atoms with Crippen molar-refractivity contribution in [2.24, 2.45) is 5.73 Å². The van der Waals surface area contributed by atoms with Crippen molar-refractivity contribution in [2.75, 3.05) is 6.54 Å². The molecule has 0 aliphatic heterocycles. The van der Waals surface area contributed by atoms with Gasteiger partial charge >= 0.3 is 0 Å². The first kappa shape index (κ1) is 12.1. The molecule has 88 valence electrons. The molecule has 0 spiro atoms. The van der Waals surface area contributed by atoms with Gasteiger partial charge in [0.1, 0.15) is 0 Å². The second-order valence-corrected chi connectivity index (χ2v) is 5.82. The summed E-state index contributed by atoms with van der Waals surface area (Å²) >= 11 is 3.49. The van der Waals surface area contributed by atoms with Gasteiger partial charge in [0.2, 0.25) is 0 Å². The highest BCUT2D eigenvalue weighted by atomic mass is 79.9. The number of hydrogen-bond donors (Lipinski definition) is 1. The van der Waals surface area contributed by atoms with E-state index in [9.17, 15) is 0 Å². The molecule has 0 saturated heterocycles. The molecule has 2 N–H and O–H groups in total. The maximum atomic E-state index is 6.07. The van der Waals surface area contributed by atoms with Gasteiger partial charge in [0.05, 0.1) is 0 Å². The van der Waals surface area contributed by atoms with Gasteiger partial charge in [-0.2, -0.15) is 0 Å². The van der Waals surface area contributed by atoms with Crippen LogP contribution in [0.3, 0.4) is 0 Å². The Bertz CT molecular complexity index is 323. The Morgan fingerprint density at radius 2 is 1.56 bits per heavy atom. The minimum atomic E-state index is 0.247. The second-order valence-electron chi connectivity index (χ2n) is 4.91. The summed E-state index contributed by atoms with van der Waals surface area (Å²) in [5, 5.41) is 0. The van der Waals surface area contributed by atoms with E-state index >= 15 is 0 Å². The minimum absolute atomic E-state index is 0.247. The zero-order valence-electron chi connectivity index (χ0n) is 9.71. The Morgan fingerprint density at radius 3 is 2.06 bits per heavy atom. The maximum Gasteiger partial charge on any atom is 0.0175 e. The van der Waals surface area contributed by atoms with Crippen molar-refractivity contribution in [3.05, 3.63) is 34.3 Å². The molecule has 0 bridgehead atoms. The Labute approximate surface area is 107 Å². The van der Waals surface area contributed by atoms with E-state index in [1.54, 1.807) is 0 Å². The summed E-state index contributed by atoms with van der Waals surface area (Å²) in [6, 6.07) is 8.75. The van der Waals surface area contributed by atoms with Crippen LogP contribution in [0.15, 0.2) is 28.7 Å². The summed E-state index contributed by atoms with van der Waals surface area (Å²) in [7, 11) is 0. The molecule has 0 radical (unpaired) electrons. The standard InChI is InChI=1S/C14H20BrN/c15-13-7-5-12(6-8-13)14(11-16)9-3-1-2-4-10-14/h5-8H,1-4,9-11,16H2. The first-order valence-electron chi connectivity index (χ1n) is 6.23. The summed E-state index contributed by atoms with van der Waals surface area (Å²) < 4.78 is 1.15. The summed E-state index contributed by atoms with van der Waals surface area (Å²) in [4.78, 5) is 0. The lowest BCUT2D eigenvalue weighted by Crippen LogP contribution is -2.34. The zero-order chi connectivity index (χ0) is 11.4. The third kappa shape index (κ3) is 2.49. The van der Waals surface area contributed by atoms with E-state index in [1.807, 2.05) is 0 Å². The van der Waals surface area contributed by atoms with Crippen LogP contribution in [-0.2, 0) is 5.41 Å². The molecule has 1 fully saturated rings. The molecule has 2 heteroatoms. The van der Waals surface area contributed by atoms with E-state index in [1.165, 1.54) is 44.1 Å². The van der Waals surface area contributed by atoms with Gasteiger partial charge in [-0.3, -0.25) is 0 Å². The van der Waals surface area contributed by atoms with Crippen LogP contribution < -0.4 is 5.73 Å². The average molecular weight is 282 g/mol. The highest BCUT2D eigenvalue weighted by Gasteiger charge is 2.31. The van der Waals surface area contributed by atoms with Crippen LogP contribution in [0.4, 0.5) is 0 Å². The normalized spacial score (nSPS) is 20.4. The van der Waals surface area contributed by atoms with Crippen LogP contribution in [0.5, 0.6) is 0 Å². The van der Waals surface area contributed by atoms with Crippen molar-refractivity contribution in [2.45, 2.75) is 43.9 Å². The molecule has 1 aromatic carbocycles. The van der Waals surface area contributed by atoms with Crippen molar-refractivity contribution in [3.8, 4) is 0 Å². The van der Waals surface area contributed by atoms with Crippen LogP contribution in [0, 0.1) is 0 Å². The van der Waals surface area contributed by atoms with Gasteiger partial charge in [0.15, 0.2) is 0 Å². The van der Waals surface area contributed by atoms with Crippen LogP contribution in [-0.4, -0.2) is 6.54 Å². The molecule has 16 heavy (non-hydrogen) atoms. The van der Waals surface area contributed by atoms with Crippen molar-refractivity contribution in [3.63, 3.8) is 0 Å². The topological polar surface area (TPSA) is 26.0 Å². The molecule has 2 rings (SSSR count). The minimum Gasteiger partial charge on any atom is -0.330 e. The molecule has 1 aliphatic rings.